The summed E-state index contributed by atoms with van der Waals surface area (Å²) in [4.78, 5) is 70.5. The van der Waals surface area contributed by atoms with Crippen molar-refractivity contribution in [3.05, 3.63) is 18.2 Å². The number of nitrogens with two attached hydrogens (primary N) is 3. The summed E-state index contributed by atoms with van der Waals surface area (Å²) in [6.07, 6.45) is 2.17. The number of amides is 3. The Morgan fingerprint density at radius 3 is 2.14 bits per heavy atom. The van der Waals surface area contributed by atoms with E-state index in [-0.39, 0.29) is 31.8 Å². The second kappa shape index (κ2) is 15.7. The molecule has 0 aliphatic rings. The zero-order valence-electron chi connectivity index (χ0n) is 19.9. The highest BCUT2D eigenvalue weighted by Crippen LogP contribution is 2.04. The van der Waals surface area contributed by atoms with Crippen LogP contribution in [0.15, 0.2) is 17.5 Å². The minimum Gasteiger partial charge on any atom is -0.481 e. The van der Waals surface area contributed by atoms with Crippen LogP contribution in [0.25, 0.3) is 0 Å². The Kier molecular flexibility index (Phi) is 13.0. The Labute approximate surface area is 211 Å². The van der Waals surface area contributed by atoms with E-state index in [1.54, 1.807) is 0 Å². The fourth-order valence-electron chi connectivity index (χ4n) is 3.04. The zero-order chi connectivity index (χ0) is 28.0. The summed E-state index contributed by atoms with van der Waals surface area (Å²) in [5, 5.41) is 34.6. The Hall–Kier alpha value is -4.25. The Morgan fingerprint density at radius 2 is 1.59 bits per heavy atom. The third-order valence-electron chi connectivity index (χ3n) is 4.99. The van der Waals surface area contributed by atoms with E-state index in [2.05, 4.69) is 30.9 Å². The van der Waals surface area contributed by atoms with E-state index in [9.17, 15) is 34.2 Å². The number of aliphatic hydroxyl groups is 1. The van der Waals surface area contributed by atoms with Crippen LogP contribution in [0.1, 0.15) is 31.4 Å². The van der Waals surface area contributed by atoms with Crippen molar-refractivity contribution in [2.45, 2.75) is 56.3 Å². The van der Waals surface area contributed by atoms with Crippen molar-refractivity contribution in [3.63, 3.8) is 0 Å². The quantitative estimate of drug-likeness (QED) is 0.0523. The average molecular weight is 528 g/mol. The summed E-state index contributed by atoms with van der Waals surface area (Å²) >= 11 is 0. The SMILES string of the molecule is NC(N)=NCCCC(NC(=O)C(CO)NC(=O)C(N)Cc1cnc[nH]1)C(=O)NC(CCC(=O)O)C(=O)O. The summed E-state index contributed by atoms with van der Waals surface area (Å²) in [6.45, 7) is -0.737. The van der Waals surface area contributed by atoms with Gasteiger partial charge >= 0.3 is 11.9 Å². The molecule has 0 aliphatic heterocycles. The lowest BCUT2D eigenvalue weighted by Gasteiger charge is -2.24. The number of aliphatic carboxylic acids is 2. The molecule has 0 saturated carbocycles. The van der Waals surface area contributed by atoms with Gasteiger partial charge in [0.15, 0.2) is 5.96 Å². The minimum atomic E-state index is -1.53. The van der Waals surface area contributed by atoms with E-state index in [0.29, 0.717) is 5.69 Å². The number of aliphatic hydroxyl groups excluding tert-OH is 1. The Morgan fingerprint density at radius 1 is 0.973 bits per heavy atom. The molecule has 4 atom stereocenters. The van der Waals surface area contributed by atoms with Crippen molar-refractivity contribution in [1.82, 2.24) is 25.9 Å². The summed E-state index contributed by atoms with van der Waals surface area (Å²) in [5.74, 6) is -5.53. The summed E-state index contributed by atoms with van der Waals surface area (Å²) < 4.78 is 0. The second-order valence-electron chi connectivity index (χ2n) is 7.97. The molecule has 0 aliphatic carbocycles. The van der Waals surface area contributed by atoms with Gasteiger partial charge in [0.2, 0.25) is 17.7 Å². The molecule has 0 radical (unpaired) electrons. The van der Waals surface area contributed by atoms with Gasteiger partial charge in [-0.2, -0.15) is 0 Å². The number of aromatic amines is 1. The largest absolute Gasteiger partial charge is 0.481 e. The predicted octanol–water partition coefficient (Wildman–Crippen LogP) is -4.27. The minimum absolute atomic E-state index is 0.0505. The highest BCUT2D eigenvalue weighted by molar-refractivity contribution is 5.94. The highest BCUT2D eigenvalue weighted by atomic mass is 16.4. The third kappa shape index (κ3) is 11.8. The van der Waals surface area contributed by atoms with Crippen LogP contribution in [0.3, 0.4) is 0 Å². The number of carbonyl (C=O) groups excluding carboxylic acids is 3. The van der Waals surface area contributed by atoms with E-state index in [1.807, 2.05) is 0 Å². The predicted molar refractivity (Wildman–Crippen MR) is 128 cm³/mol. The lowest BCUT2D eigenvalue weighted by molar-refractivity contribution is -0.143. The maximum atomic E-state index is 12.8. The Balaban J connectivity index is 2.89. The summed E-state index contributed by atoms with van der Waals surface area (Å²) in [6, 6.07) is -5.41. The molecule has 17 heteroatoms. The fraction of sp³-hybridized carbons (Fsp3) is 0.550. The smallest absolute Gasteiger partial charge is 0.326 e. The zero-order valence-corrected chi connectivity index (χ0v) is 19.9. The molecule has 0 bridgehead atoms. The van der Waals surface area contributed by atoms with Crippen LogP contribution in [0.2, 0.25) is 0 Å². The molecule has 206 valence electrons. The standard InChI is InChI=1S/C20H33N9O8/c21-11(6-10-7-24-9-26-10)16(33)29-14(8-30)18(35)27-12(2-1-5-25-20(22)23)17(34)28-13(19(36)37)3-4-15(31)32/h7,9,11-14,30H,1-6,8,21H2,(H,24,26)(H,27,35)(H,28,34)(H,29,33)(H,31,32)(H,36,37)(H4,22,23,25). The first kappa shape index (κ1) is 30.8. The number of nitrogens with one attached hydrogen (secondary N) is 4. The van der Waals surface area contributed by atoms with E-state index in [0.717, 1.165) is 0 Å². The average Bonchev–Trinajstić information content (AvgIpc) is 3.33. The number of aliphatic imine (C=N–C) groups is 1. The molecule has 1 aromatic heterocycles. The molecule has 3 amide bonds. The van der Waals surface area contributed by atoms with Gasteiger partial charge in [0.25, 0.3) is 0 Å². The number of guanidine groups is 1. The first-order chi connectivity index (χ1) is 17.4. The van der Waals surface area contributed by atoms with Crippen molar-refractivity contribution in [2.75, 3.05) is 13.2 Å². The molecule has 0 aromatic carbocycles. The van der Waals surface area contributed by atoms with Gasteiger partial charge in [-0.05, 0) is 19.3 Å². The highest BCUT2D eigenvalue weighted by Gasteiger charge is 2.30. The second-order valence-corrected chi connectivity index (χ2v) is 7.97. The topological polar surface area (TPSA) is 301 Å². The van der Waals surface area contributed by atoms with Gasteiger partial charge in [0.05, 0.1) is 19.0 Å². The number of carboxylic acid groups (broad SMARTS) is 2. The van der Waals surface area contributed by atoms with Gasteiger partial charge in [-0.3, -0.25) is 24.2 Å². The number of hydrogen-bond acceptors (Lipinski definition) is 9. The lowest BCUT2D eigenvalue weighted by Crippen LogP contribution is -2.58. The van der Waals surface area contributed by atoms with Crippen LogP contribution in [-0.4, -0.2) is 98.2 Å². The summed E-state index contributed by atoms with van der Waals surface area (Å²) in [5.41, 5.74) is 16.9. The monoisotopic (exact) mass is 527 g/mol. The van der Waals surface area contributed by atoms with Gasteiger partial charge in [0, 0.05) is 31.3 Å². The van der Waals surface area contributed by atoms with Crippen LogP contribution < -0.4 is 33.2 Å². The first-order valence-electron chi connectivity index (χ1n) is 11.2. The first-order valence-corrected chi connectivity index (χ1v) is 11.2. The molecule has 1 heterocycles. The maximum absolute atomic E-state index is 12.8. The molecule has 37 heavy (non-hydrogen) atoms. The van der Waals surface area contributed by atoms with E-state index >= 15 is 0 Å². The van der Waals surface area contributed by atoms with Crippen molar-refractivity contribution >= 4 is 35.6 Å². The van der Waals surface area contributed by atoms with Crippen molar-refractivity contribution in [2.24, 2.45) is 22.2 Å². The molecule has 1 rings (SSSR count). The number of imidazole rings is 1. The number of rotatable bonds is 17. The van der Waals surface area contributed by atoms with Gasteiger partial charge in [-0.1, -0.05) is 0 Å². The van der Waals surface area contributed by atoms with Gasteiger partial charge in [-0.25, -0.2) is 9.78 Å². The third-order valence-corrected chi connectivity index (χ3v) is 4.99. The molecule has 0 fully saturated rings. The Bertz CT molecular complexity index is 950. The molecule has 13 N–H and O–H groups in total. The van der Waals surface area contributed by atoms with Crippen molar-refractivity contribution in [3.8, 4) is 0 Å². The van der Waals surface area contributed by atoms with E-state index < -0.39 is 73.3 Å². The van der Waals surface area contributed by atoms with Crippen molar-refractivity contribution < 1.29 is 39.3 Å². The van der Waals surface area contributed by atoms with Gasteiger partial charge in [0.1, 0.15) is 18.1 Å². The maximum Gasteiger partial charge on any atom is 0.326 e. The van der Waals surface area contributed by atoms with Crippen LogP contribution in [0.5, 0.6) is 0 Å². The van der Waals surface area contributed by atoms with Crippen LogP contribution in [-0.2, 0) is 30.4 Å². The molecule has 4 unspecified atom stereocenters. The van der Waals surface area contributed by atoms with Gasteiger partial charge in [-0.15, -0.1) is 0 Å². The normalized spacial score (nSPS) is 13.9. The lowest BCUT2D eigenvalue weighted by atomic mass is 10.1. The van der Waals surface area contributed by atoms with E-state index in [1.165, 1.54) is 12.5 Å². The number of carboxylic acids is 2. The molecule has 17 nitrogen and oxygen atoms in total. The number of carbonyl (C=O) groups is 5. The summed E-state index contributed by atoms with van der Waals surface area (Å²) in [7, 11) is 0. The van der Waals surface area contributed by atoms with Crippen LogP contribution in [0, 0.1) is 0 Å². The van der Waals surface area contributed by atoms with E-state index in [4.69, 9.17) is 22.3 Å². The molecule has 1 aromatic rings. The number of H-pyrrole nitrogens is 1. The van der Waals surface area contributed by atoms with Gasteiger partial charge < -0.3 is 53.5 Å². The van der Waals surface area contributed by atoms with Crippen LogP contribution >= 0.6 is 0 Å². The molecular weight excluding hydrogens is 494 g/mol. The molecule has 0 saturated heterocycles. The fourth-order valence-corrected chi connectivity index (χ4v) is 3.04. The molecule has 0 spiro atoms. The van der Waals surface area contributed by atoms with Crippen molar-refractivity contribution in [1.29, 1.82) is 0 Å². The number of hydrogen-bond donors (Lipinski definition) is 10. The van der Waals surface area contributed by atoms with Crippen LogP contribution in [0.4, 0.5) is 0 Å². The number of nitrogens with zero attached hydrogens (tertiary/aromatic N) is 2. The number of aromatic nitrogens is 2. The molecular formula is C20H33N9O8.